The Bertz CT molecular complexity index is 502. The lowest BCUT2D eigenvalue weighted by molar-refractivity contribution is -0.122. The van der Waals surface area contributed by atoms with Gasteiger partial charge in [0.2, 0.25) is 5.91 Å². The molecule has 3 nitrogen and oxygen atoms in total. The van der Waals surface area contributed by atoms with E-state index in [1.54, 1.807) is 6.92 Å². The molecular weight excluding hydrogens is 245 g/mol. The lowest BCUT2D eigenvalue weighted by atomic mass is 9.88. The first kappa shape index (κ1) is 14.0. The number of amides is 1. The van der Waals surface area contributed by atoms with Crippen LogP contribution in [0.3, 0.4) is 0 Å². The molecule has 0 bridgehead atoms. The maximum atomic E-state index is 12.9. The van der Waals surface area contributed by atoms with Crippen molar-refractivity contribution in [3.63, 3.8) is 0 Å². The summed E-state index contributed by atoms with van der Waals surface area (Å²) in [5.74, 6) is -5.11. The van der Waals surface area contributed by atoms with Gasteiger partial charge < -0.3 is 5.32 Å². The number of halogens is 3. The van der Waals surface area contributed by atoms with E-state index < -0.39 is 28.8 Å². The summed E-state index contributed by atoms with van der Waals surface area (Å²) in [5.41, 5.74) is -1.53. The number of carbonyl (C=O) groups is 1. The third-order valence-corrected chi connectivity index (χ3v) is 2.70. The monoisotopic (exact) mass is 256 g/mol. The number of hydrogen-bond donors (Lipinski definition) is 1. The number of nitriles is 1. The molecule has 0 radical (unpaired) electrons. The summed E-state index contributed by atoms with van der Waals surface area (Å²) in [6.07, 6.45) is 0.238. The second kappa shape index (κ2) is 5.08. The molecule has 0 saturated heterocycles. The smallest absolute Gasteiger partial charge is 0.244 e. The fourth-order valence-corrected chi connectivity index (χ4v) is 1.19. The molecular formula is C12H11F3N2O. The molecule has 0 aliphatic carbocycles. The number of nitrogens with zero attached hydrogens (tertiary/aromatic N) is 1. The summed E-state index contributed by atoms with van der Waals surface area (Å²) in [6, 6.07) is 3.13. The van der Waals surface area contributed by atoms with E-state index in [1.165, 1.54) is 6.92 Å². The first-order valence-electron chi connectivity index (χ1n) is 5.21. The Morgan fingerprint density at radius 2 is 1.89 bits per heavy atom. The van der Waals surface area contributed by atoms with E-state index in [1.807, 2.05) is 6.07 Å². The van der Waals surface area contributed by atoms with Crippen molar-refractivity contribution in [1.29, 1.82) is 5.26 Å². The summed E-state index contributed by atoms with van der Waals surface area (Å²) in [7, 11) is 0. The highest BCUT2D eigenvalue weighted by molar-refractivity contribution is 5.96. The molecule has 1 rings (SSSR count). The third-order valence-electron chi connectivity index (χ3n) is 2.70. The largest absolute Gasteiger partial charge is 0.324 e. The van der Waals surface area contributed by atoms with E-state index in [-0.39, 0.29) is 12.1 Å². The van der Waals surface area contributed by atoms with Crippen molar-refractivity contribution < 1.29 is 18.0 Å². The highest BCUT2D eigenvalue weighted by Gasteiger charge is 2.31. The second-order valence-electron chi connectivity index (χ2n) is 4.01. The number of hydrogen-bond acceptors (Lipinski definition) is 2. The molecule has 0 spiro atoms. The first-order valence-corrected chi connectivity index (χ1v) is 5.21. The molecule has 0 aliphatic heterocycles. The molecule has 1 amide bonds. The van der Waals surface area contributed by atoms with Gasteiger partial charge in [-0.15, -0.1) is 0 Å². The Morgan fingerprint density at radius 1 is 1.39 bits per heavy atom. The van der Waals surface area contributed by atoms with Crippen molar-refractivity contribution in [2.75, 3.05) is 5.32 Å². The molecule has 1 N–H and O–H groups in total. The van der Waals surface area contributed by atoms with Crippen LogP contribution in [0.25, 0.3) is 0 Å². The highest BCUT2D eigenvalue weighted by Crippen LogP contribution is 2.24. The number of rotatable bonds is 3. The predicted octanol–water partition coefficient (Wildman–Crippen LogP) is 2.98. The van der Waals surface area contributed by atoms with Gasteiger partial charge in [0.15, 0.2) is 17.5 Å². The minimum absolute atomic E-state index is 0.230. The van der Waals surface area contributed by atoms with Gasteiger partial charge in [-0.05, 0) is 13.3 Å². The third kappa shape index (κ3) is 2.62. The van der Waals surface area contributed by atoms with Crippen LogP contribution in [0.2, 0.25) is 0 Å². The molecule has 1 unspecified atom stereocenters. The van der Waals surface area contributed by atoms with Gasteiger partial charge in [0.05, 0.1) is 6.07 Å². The lowest BCUT2D eigenvalue weighted by Gasteiger charge is -2.18. The van der Waals surface area contributed by atoms with Crippen molar-refractivity contribution in [3.05, 3.63) is 29.6 Å². The van der Waals surface area contributed by atoms with Gasteiger partial charge in [-0.3, -0.25) is 4.79 Å². The minimum atomic E-state index is -1.61. The van der Waals surface area contributed by atoms with Gasteiger partial charge in [0.1, 0.15) is 5.41 Å². The van der Waals surface area contributed by atoms with Crippen LogP contribution in [0.1, 0.15) is 20.3 Å². The molecule has 0 aliphatic rings. The number of benzene rings is 1. The van der Waals surface area contributed by atoms with E-state index in [0.717, 1.165) is 0 Å². The Balaban J connectivity index is 3.00. The summed E-state index contributed by atoms with van der Waals surface area (Å²) in [5, 5.41) is 11.1. The van der Waals surface area contributed by atoms with Crippen LogP contribution in [-0.4, -0.2) is 5.91 Å². The molecule has 18 heavy (non-hydrogen) atoms. The molecule has 96 valence electrons. The highest BCUT2D eigenvalue weighted by atomic mass is 19.2. The average Bonchev–Trinajstić information content (AvgIpc) is 2.34. The van der Waals surface area contributed by atoms with Crippen LogP contribution in [0.4, 0.5) is 18.9 Å². The fourth-order valence-electron chi connectivity index (χ4n) is 1.19. The summed E-state index contributed by atoms with van der Waals surface area (Å²) in [4.78, 5) is 11.7. The fraction of sp³-hybridized carbons (Fsp3) is 0.333. The Hall–Kier alpha value is -2.03. The lowest BCUT2D eigenvalue weighted by Crippen LogP contribution is -2.31. The van der Waals surface area contributed by atoms with Gasteiger partial charge >= 0.3 is 0 Å². The van der Waals surface area contributed by atoms with Crippen molar-refractivity contribution in [3.8, 4) is 6.07 Å². The Morgan fingerprint density at radius 3 is 2.28 bits per heavy atom. The van der Waals surface area contributed by atoms with E-state index in [9.17, 15) is 18.0 Å². The van der Waals surface area contributed by atoms with Crippen LogP contribution in [0.5, 0.6) is 0 Å². The normalized spacial score (nSPS) is 13.6. The van der Waals surface area contributed by atoms with E-state index in [2.05, 4.69) is 5.32 Å². The zero-order valence-electron chi connectivity index (χ0n) is 9.85. The topological polar surface area (TPSA) is 52.9 Å². The van der Waals surface area contributed by atoms with Crippen LogP contribution >= 0.6 is 0 Å². The van der Waals surface area contributed by atoms with Crippen molar-refractivity contribution in [2.45, 2.75) is 20.3 Å². The maximum Gasteiger partial charge on any atom is 0.244 e. The van der Waals surface area contributed by atoms with Gasteiger partial charge in [0.25, 0.3) is 0 Å². The number of carbonyl (C=O) groups excluding carboxylic acids is 1. The number of anilines is 1. The molecule has 0 heterocycles. The predicted molar refractivity (Wildman–Crippen MR) is 59.0 cm³/mol. The first-order chi connectivity index (χ1) is 8.34. The minimum Gasteiger partial charge on any atom is -0.324 e. The SMILES string of the molecule is CCC(C)(C#N)C(=O)Nc1cc(F)c(F)c(F)c1. The molecule has 1 aromatic carbocycles. The van der Waals surface area contributed by atoms with Crippen LogP contribution in [0.15, 0.2) is 12.1 Å². The Kier molecular flexibility index (Phi) is 3.96. The van der Waals surface area contributed by atoms with Gasteiger partial charge in [-0.25, -0.2) is 13.2 Å². The van der Waals surface area contributed by atoms with Gasteiger partial charge in [-0.1, -0.05) is 6.92 Å². The van der Waals surface area contributed by atoms with E-state index in [4.69, 9.17) is 5.26 Å². The van der Waals surface area contributed by atoms with E-state index in [0.29, 0.717) is 12.1 Å². The zero-order valence-corrected chi connectivity index (χ0v) is 9.85. The molecule has 0 aromatic heterocycles. The quantitative estimate of drug-likeness (QED) is 0.845. The van der Waals surface area contributed by atoms with Gasteiger partial charge in [0, 0.05) is 17.8 Å². The summed E-state index contributed by atoms with van der Waals surface area (Å²) >= 11 is 0. The summed E-state index contributed by atoms with van der Waals surface area (Å²) in [6.45, 7) is 3.03. The van der Waals surface area contributed by atoms with Gasteiger partial charge in [-0.2, -0.15) is 5.26 Å². The van der Waals surface area contributed by atoms with Crippen LogP contribution in [0, 0.1) is 34.2 Å². The Labute approximate surface area is 102 Å². The summed E-state index contributed by atoms with van der Waals surface area (Å²) < 4.78 is 38.5. The zero-order chi connectivity index (χ0) is 13.9. The maximum absolute atomic E-state index is 12.9. The average molecular weight is 256 g/mol. The van der Waals surface area contributed by atoms with Crippen molar-refractivity contribution in [1.82, 2.24) is 0 Å². The molecule has 1 aromatic rings. The van der Waals surface area contributed by atoms with Crippen LogP contribution < -0.4 is 5.32 Å². The molecule has 0 saturated carbocycles. The van der Waals surface area contributed by atoms with Crippen molar-refractivity contribution >= 4 is 11.6 Å². The number of nitrogens with one attached hydrogen (secondary N) is 1. The van der Waals surface area contributed by atoms with E-state index >= 15 is 0 Å². The molecule has 1 atom stereocenters. The van der Waals surface area contributed by atoms with Crippen molar-refractivity contribution in [2.24, 2.45) is 5.41 Å². The van der Waals surface area contributed by atoms with Crippen LogP contribution in [-0.2, 0) is 4.79 Å². The molecule has 0 fully saturated rings. The second-order valence-corrected chi connectivity index (χ2v) is 4.01. The standard InChI is InChI=1S/C12H11F3N2O/c1-3-12(2,6-16)11(18)17-7-4-8(13)10(15)9(14)5-7/h4-5H,3H2,1-2H3,(H,17,18). The molecule has 6 heteroatoms.